The van der Waals surface area contributed by atoms with Gasteiger partial charge in [0.1, 0.15) is 11.6 Å². The highest BCUT2D eigenvalue weighted by Crippen LogP contribution is 2.14. The average molecular weight is 233 g/mol. The van der Waals surface area contributed by atoms with Gasteiger partial charge >= 0.3 is 0 Å². The van der Waals surface area contributed by atoms with Crippen LogP contribution < -0.4 is 5.32 Å². The third-order valence-corrected chi connectivity index (χ3v) is 2.16. The molecule has 0 aromatic heterocycles. The van der Waals surface area contributed by atoms with Crippen LogP contribution in [0.2, 0.25) is 0 Å². The van der Waals surface area contributed by atoms with Crippen molar-refractivity contribution in [3.05, 3.63) is 65.7 Å². The number of rotatable bonds is 2. The van der Waals surface area contributed by atoms with E-state index in [2.05, 4.69) is 5.32 Å². The number of hydrogen-bond donors (Lipinski definition) is 1. The van der Waals surface area contributed by atoms with E-state index in [9.17, 15) is 13.6 Å². The molecule has 2 rings (SSSR count). The molecule has 0 spiro atoms. The Kier molecular flexibility index (Phi) is 3.14. The van der Waals surface area contributed by atoms with Crippen LogP contribution in [0.5, 0.6) is 0 Å². The second-order valence-corrected chi connectivity index (χ2v) is 3.48. The van der Waals surface area contributed by atoms with Gasteiger partial charge in [0, 0.05) is 17.3 Å². The van der Waals surface area contributed by atoms with Crippen LogP contribution in [0.3, 0.4) is 0 Å². The molecule has 0 saturated carbocycles. The molecule has 0 radical (unpaired) electrons. The zero-order valence-corrected chi connectivity index (χ0v) is 8.78. The molecule has 0 bridgehead atoms. The van der Waals surface area contributed by atoms with Crippen molar-refractivity contribution in [3.8, 4) is 0 Å². The van der Waals surface area contributed by atoms with Crippen molar-refractivity contribution >= 4 is 11.6 Å². The summed E-state index contributed by atoms with van der Waals surface area (Å²) in [7, 11) is 0. The lowest BCUT2D eigenvalue weighted by atomic mass is 10.2. The third kappa shape index (κ3) is 2.87. The quantitative estimate of drug-likeness (QED) is 0.847. The second kappa shape index (κ2) is 4.74. The second-order valence-electron chi connectivity index (χ2n) is 3.48. The summed E-state index contributed by atoms with van der Waals surface area (Å²) < 4.78 is 25.8. The first kappa shape index (κ1) is 11.3. The van der Waals surface area contributed by atoms with Gasteiger partial charge in [-0.1, -0.05) is 18.2 Å². The van der Waals surface area contributed by atoms with Crippen molar-refractivity contribution in [3.63, 3.8) is 0 Å². The Morgan fingerprint density at radius 3 is 2.12 bits per heavy atom. The summed E-state index contributed by atoms with van der Waals surface area (Å²) in [5.74, 6) is -1.86. The van der Waals surface area contributed by atoms with Crippen LogP contribution in [0.15, 0.2) is 48.5 Å². The first-order valence-electron chi connectivity index (χ1n) is 4.97. The van der Waals surface area contributed by atoms with Crippen LogP contribution in [0, 0.1) is 11.6 Å². The maximum Gasteiger partial charge on any atom is 0.255 e. The van der Waals surface area contributed by atoms with E-state index in [1.165, 1.54) is 0 Å². The van der Waals surface area contributed by atoms with Gasteiger partial charge in [-0.3, -0.25) is 4.79 Å². The Balaban J connectivity index is 2.19. The van der Waals surface area contributed by atoms with Crippen molar-refractivity contribution in [1.29, 1.82) is 0 Å². The SMILES string of the molecule is O=C(Nc1cc(F)cc(F)c1)c1ccccc1. The minimum absolute atomic E-state index is 0.0938. The van der Waals surface area contributed by atoms with E-state index in [0.717, 1.165) is 18.2 Å². The van der Waals surface area contributed by atoms with Gasteiger partial charge < -0.3 is 5.32 Å². The van der Waals surface area contributed by atoms with Crippen molar-refractivity contribution in [2.75, 3.05) is 5.32 Å². The minimum Gasteiger partial charge on any atom is -0.322 e. The van der Waals surface area contributed by atoms with Crippen molar-refractivity contribution < 1.29 is 13.6 Å². The van der Waals surface area contributed by atoms with Gasteiger partial charge in [-0.15, -0.1) is 0 Å². The Bertz CT molecular complexity index is 520. The standard InChI is InChI=1S/C13H9F2NO/c14-10-6-11(15)8-12(7-10)16-13(17)9-4-2-1-3-5-9/h1-8H,(H,16,17). The van der Waals surface area contributed by atoms with Crippen molar-refractivity contribution in [2.24, 2.45) is 0 Å². The summed E-state index contributed by atoms with van der Waals surface area (Å²) in [6.45, 7) is 0. The molecule has 0 aliphatic carbocycles. The van der Waals surface area contributed by atoms with E-state index in [-0.39, 0.29) is 5.69 Å². The summed E-state index contributed by atoms with van der Waals surface area (Å²) in [6, 6.07) is 11.3. The molecule has 17 heavy (non-hydrogen) atoms. The van der Waals surface area contributed by atoms with Crippen molar-refractivity contribution in [1.82, 2.24) is 0 Å². The summed E-state index contributed by atoms with van der Waals surface area (Å²) >= 11 is 0. The van der Waals surface area contributed by atoms with Gasteiger partial charge in [-0.2, -0.15) is 0 Å². The highest BCUT2D eigenvalue weighted by Gasteiger charge is 2.06. The number of halogens is 2. The molecule has 86 valence electrons. The van der Waals surface area contributed by atoms with Crippen LogP contribution in [0.25, 0.3) is 0 Å². The molecule has 0 aliphatic rings. The Hall–Kier alpha value is -2.23. The molecule has 0 saturated heterocycles. The number of anilines is 1. The first-order chi connectivity index (χ1) is 8.15. The molecule has 0 aliphatic heterocycles. The van der Waals surface area contributed by atoms with Crippen LogP contribution in [-0.2, 0) is 0 Å². The fourth-order valence-corrected chi connectivity index (χ4v) is 1.42. The predicted octanol–water partition coefficient (Wildman–Crippen LogP) is 3.22. The lowest BCUT2D eigenvalue weighted by molar-refractivity contribution is 0.102. The maximum atomic E-state index is 12.9. The lowest BCUT2D eigenvalue weighted by Crippen LogP contribution is -2.11. The number of carbonyl (C=O) groups excluding carboxylic acids is 1. The van der Waals surface area contributed by atoms with Crippen molar-refractivity contribution in [2.45, 2.75) is 0 Å². The van der Waals surface area contributed by atoms with E-state index in [4.69, 9.17) is 0 Å². The summed E-state index contributed by atoms with van der Waals surface area (Å²) in [5.41, 5.74) is 0.522. The topological polar surface area (TPSA) is 29.1 Å². The molecule has 0 fully saturated rings. The number of nitrogens with one attached hydrogen (secondary N) is 1. The molecule has 4 heteroatoms. The summed E-state index contributed by atoms with van der Waals surface area (Å²) in [6.07, 6.45) is 0. The van der Waals surface area contributed by atoms with Gasteiger partial charge in [-0.05, 0) is 24.3 Å². The monoisotopic (exact) mass is 233 g/mol. The number of benzene rings is 2. The molecular weight excluding hydrogens is 224 g/mol. The zero-order valence-electron chi connectivity index (χ0n) is 8.78. The predicted molar refractivity (Wildman–Crippen MR) is 60.8 cm³/mol. The van der Waals surface area contributed by atoms with E-state index in [1.54, 1.807) is 30.3 Å². The molecule has 0 unspecified atom stereocenters. The van der Waals surface area contributed by atoms with E-state index in [0.29, 0.717) is 5.56 Å². The molecular formula is C13H9F2NO. The van der Waals surface area contributed by atoms with E-state index in [1.807, 2.05) is 0 Å². The highest BCUT2D eigenvalue weighted by atomic mass is 19.1. The molecule has 0 atom stereocenters. The number of hydrogen-bond acceptors (Lipinski definition) is 1. The molecule has 1 amide bonds. The van der Waals surface area contributed by atoms with Crippen LogP contribution in [0.4, 0.5) is 14.5 Å². The molecule has 2 aromatic rings. The smallest absolute Gasteiger partial charge is 0.255 e. The summed E-state index contributed by atoms with van der Waals surface area (Å²) in [4.78, 5) is 11.7. The van der Waals surface area contributed by atoms with E-state index < -0.39 is 17.5 Å². The fraction of sp³-hybridized carbons (Fsp3) is 0. The van der Waals surface area contributed by atoms with Crippen LogP contribution in [0.1, 0.15) is 10.4 Å². The highest BCUT2D eigenvalue weighted by molar-refractivity contribution is 6.04. The Morgan fingerprint density at radius 2 is 1.53 bits per heavy atom. The van der Waals surface area contributed by atoms with Crippen LogP contribution in [-0.4, -0.2) is 5.91 Å². The third-order valence-electron chi connectivity index (χ3n) is 2.16. The van der Waals surface area contributed by atoms with Crippen LogP contribution >= 0.6 is 0 Å². The Morgan fingerprint density at radius 1 is 0.941 bits per heavy atom. The Labute approximate surface area is 96.9 Å². The van der Waals surface area contributed by atoms with Gasteiger partial charge in [0.2, 0.25) is 0 Å². The van der Waals surface area contributed by atoms with Gasteiger partial charge in [0.05, 0.1) is 0 Å². The molecule has 1 N–H and O–H groups in total. The van der Waals surface area contributed by atoms with Gasteiger partial charge in [0.25, 0.3) is 5.91 Å². The van der Waals surface area contributed by atoms with Gasteiger partial charge in [0.15, 0.2) is 0 Å². The zero-order chi connectivity index (χ0) is 12.3. The van der Waals surface area contributed by atoms with E-state index >= 15 is 0 Å². The average Bonchev–Trinajstić information content (AvgIpc) is 2.28. The molecule has 0 heterocycles. The number of carbonyl (C=O) groups is 1. The largest absolute Gasteiger partial charge is 0.322 e. The maximum absolute atomic E-state index is 12.9. The minimum atomic E-state index is -0.728. The lowest BCUT2D eigenvalue weighted by Gasteiger charge is -2.05. The fourth-order valence-electron chi connectivity index (χ4n) is 1.42. The first-order valence-corrected chi connectivity index (χ1v) is 4.97. The van der Waals surface area contributed by atoms with Gasteiger partial charge in [-0.25, -0.2) is 8.78 Å². The molecule has 2 nitrogen and oxygen atoms in total. The summed E-state index contributed by atoms with van der Waals surface area (Å²) in [5, 5.41) is 2.42. The number of amides is 1. The molecule has 2 aromatic carbocycles. The normalized spacial score (nSPS) is 10.0.